The van der Waals surface area contributed by atoms with E-state index in [4.69, 9.17) is 0 Å². The van der Waals surface area contributed by atoms with Gasteiger partial charge in [0.1, 0.15) is 5.82 Å². The van der Waals surface area contributed by atoms with Crippen molar-refractivity contribution in [3.63, 3.8) is 0 Å². The Kier molecular flexibility index (Phi) is 5.05. The number of nitrogens with one attached hydrogen (secondary N) is 1. The largest absolute Gasteiger partial charge is 0.357 e. The standard InChI is InChI=1S/C21H24N4O2/c26-20-13-17(15-25(20)18-6-2-1-3-7-18)21(27)23-14-16-8-9-22-19(12-16)24-10-4-5-11-24/h1-3,6-9,12,17H,4-5,10-11,13-15H2,(H,23,27)/t17-/m1/s1. The Balaban J connectivity index is 1.35. The summed E-state index contributed by atoms with van der Waals surface area (Å²) in [6, 6.07) is 13.5. The average Bonchev–Trinajstić information content (AvgIpc) is 3.37. The van der Waals surface area contributed by atoms with Crippen LogP contribution in [0.25, 0.3) is 0 Å². The molecule has 2 aliphatic heterocycles. The molecule has 0 radical (unpaired) electrons. The minimum Gasteiger partial charge on any atom is -0.357 e. The molecule has 2 aliphatic rings. The van der Waals surface area contributed by atoms with Crippen LogP contribution in [0.4, 0.5) is 11.5 Å². The van der Waals surface area contributed by atoms with Gasteiger partial charge in [-0.1, -0.05) is 18.2 Å². The lowest BCUT2D eigenvalue weighted by molar-refractivity contribution is -0.126. The van der Waals surface area contributed by atoms with Gasteiger partial charge in [-0.3, -0.25) is 9.59 Å². The lowest BCUT2D eigenvalue weighted by Gasteiger charge is -2.18. The molecule has 27 heavy (non-hydrogen) atoms. The number of benzene rings is 1. The molecule has 140 valence electrons. The van der Waals surface area contributed by atoms with E-state index in [-0.39, 0.29) is 24.2 Å². The summed E-state index contributed by atoms with van der Waals surface area (Å²) in [5.74, 6) is 0.603. The second-order valence-corrected chi connectivity index (χ2v) is 7.18. The first-order valence-corrected chi connectivity index (χ1v) is 9.54. The molecule has 1 aromatic carbocycles. The van der Waals surface area contributed by atoms with Gasteiger partial charge in [0, 0.05) is 44.5 Å². The first kappa shape index (κ1) is 17.5. The van der Waals surface area contributed by atoms with Gasteiger partial charge >= 0.3 is 0 Å². The third-order valence-corrected chi connectivity index (χ3v) is 5.27. The Labute approximate surface area is 159 Å². The van der Waals surface area contributed by atoms with Crippen molar-refractivity contribution < 1.29 is 9.59 Å². The fraction of sp³-hybridized carbons (Fsp3) is 0.381. The molecule has 2 saturated heterocycles. The van der Waals surface area contributed by atoms with Crippen molar-refractivity contribution in [2.75, 3.05) is 29.4 Å². The lowest BCUT2D eigenvalue weighted by atomic mass is 10.1. The van der Waals surface area contributed by atoms with Crippen molar-refractivity contribution in [2.45, 2.75) is 25.8 Å². The molecule has 0 spiro atoms. The summed E-state index contributed by atoms with van der Waals surface area (Å²) in [5.41, 5.74) is 1.88. The highest BCUT2D eigenvalue weighted by Crippen LogP contribution is 2.25. The van der Waals surface area contributed by atoms with Gasteiger partial charge in [0.05, 0.1) is 5.92 Å². The van der Waals surface area contributed by atoms with Crippen LogP contribution >= 0.6 is 0 Å². The predicted molar refractivity (Wildman–Crippen MR) is 104 cm³/mol. The molecule has 6 nitrogen and oxygen atoms in total. The SMILES string of the molecule is O=C(NCc1ccnc(N2CCCC2)c1)[C@@H]1CC(=O)N(c2ccccc2)C1. The fourth-order valence-electron chi connectivity index (χ4n) is 3.76. The number of carbonyl (C=O) groups excluding carboxylic acids is 2. The highest BCUT2D eigenvalue weighted by atomic mass is 16.2. The summed E-state index contributed by atoms with van der Waals surface area (Å²) in [7, 11) is 0. The number of anilines is 2. The van der Waals surface area contributed by atoms with Gasteiger partial charge in [-0.2, -0.15) is 0 Å². The maximum absolute atomic E-state index is 12.6. The van der Waals surface area contributed by atoms with Crippen LogP contribution in [-0.4, -0.2) is 36.4 Å². The molecule has 3 heterocycles. The van der Waals surface area contributed by atoms with E-state index in [1.807, 2.05) is 42.5 Å². The normalized spacial score (nSPS) is 19.6. The van der Waals surface area contributed by atoms with Crippen LogP contribution < -0.4 is 15.1 Å². The summed E-state index contributed by atoms with van der Waals surface area (Å²) in [6.07, 6.45) is 4.47. The smallest absolute Gasteiger partial charge is 0.227 e. The van der Waals surface area contributed by atoms with Gasteiger partial charge in [0.25, 0.3) is 0 Å². The monoisotopic (exact) mass is 364 g/mol. The van der Waals surface area contributed by atoms with Crippen molar-refractivity contribution in [1.29, 1.82) is 0 Å². The quantitative estimate of drug-likeness (QED) is 0.884. The third-order valence-electron chi connectivity index (χ3n) is 5.27. The number of aromatic nitrogens is 1. The number of nitrogens with zero attached hydrogens (tertiary/aromatic N) is 3. The molecule has 0 saturated carbocycles. The predicted octanol–water partition coefficient (Wildman–Crippen LogP) is 2.35. The topological polar surface area (TPSA) is 65.5 Å². The van der Waals surface area contributed by atoms with Crippen LogP contribution in [0.15, 0.2) is 48.7 Å². The molecule has 1 aromatic heterocycles. The Bertz CT molecular complexity index is 818. The molecule has 2 fully saturated rings. The van der Waals surface area contributed by atoms with Gasteiger partial charge in [0.15, 0.2) is 0 Å². The molecule has 0 unspecified atom stereocenters. The number of amides is 2. The van der Waals surface area contributed by atoms with E-state index in [0.717, 1.165) is 30.2 Å². The zero-order valence-corrected chi connectivity index (χ0v) is 15.3. The van der Waals surface area contributed by atoms with Gasteiger partial charge in [-0.25, -0.2) is 4.98 Å². The number of hydrogen-bond acceptors (Lipinski definition) is 4. The molecule has 4 rings (SSSR count). The number of para-hydroxylation sites is 1. The highest BCUT2D eigenvalue weighted by molar-refractivity contribution is 6.00. The van der Waals surface area contributed by atoms with Crippen LogP contribution in [0.2, 0.25) is 0 Å². The van der Waals surface area contributed by atoms with Crippen LogP contribution in [-0.2, 0) is 16.1 Å². The number of pyridine rings is 1. The van der Waals surface area contributed by atoms with Crippen LogP contribution in [0.3, 0.4) is 0 Å². The van der Waals surface area contributed by atoms with E-state index < -0.39 is 0 Å². The molecule has 1 atom stereocenters. The van der Waals surface area contributed by atoms with Crippen LogP contribution in [0.5, 0.6) is 0 Å². The van der Waals surface area contributed by atoms with E-state index in [0.29, 0.717) is 13.1 Å². The van der Waals surface area contributed by atoms with Crippen molar-refractivity contribution in [3.8, 4) is 0 Å². The maximum atomic E-state index is 12.6. The molecule has 2 aromatic rings. The Morgan fingerprint density at radius 1 is 1.15 bits per heavy atom. The van der Waals surface area contributed by atoms with E-state index in [1.165, 1.54) is 12.8 Å². The first-order chi connectivity index (χ1) is 13.2. The van der Waals surface area contributed by atoms with Crippen LogP contribution in [0.1, 0.15) is 24.8 Å². The molecule has 0 bridgehead atoms. The van der Waals surface area contributed by atoms with Gasteiger partial charge in [0.2, 0.25) is 11.8 Å². The highest BCUT2D eigenvalue weighted by Gasteiger charge is 2.34. The Morgan fingerprint density at radius 3 is 2.70 bits per heavy atom. The van der Waals surface area contributed by atoms with Gasteiger partial charge in [-0.15, -0.1) is 0 Å². The van der Waals surface area contributed by atoms with Crippen molar-refractivity contribution in [3.05, 3.63) is 54.2 Å². The second-order valence-electron chi connectivity index (χ2n) is 7.18. The summed E-state index contributed by atoms with van der Waals surface area (Å²) < 4.78 is 0. The first-order valence-electron chi connectivity index (χ1n) is 9.54. The minimum absolute atomic E-state index is 0.00146. The summed E-state index contributed by atoms with van der Waals surface area (Å²) in [6.45, 7) is 2.98. The average molecular weight is 364 g/mol. The van der Waals surface area contributed by atoms with Crippen molar-refractivity contribution >= 4 is 23.3 Å². The zero-order chi connectivity index (χ0) is 18.6. The molecule has 1 N–H and O–H groups in total. The fourth-order valence-corrected chi connectivity index (χ4v) is 3.76. The second kappa shape index (κ2) is 7.78. The van der Waals surface area contributed by atoms with E-state index >= 15 is 0 Å². The minimum atomic E-state index is -0.308. The summed E-state index contributed by atoms with van der Waals surface area (Å²) in [4.78, 5) is 33.3. The molecule has 2 amide bonds. The lowest BCUT2D eigenvalue weighted by Crippen LogP contribution is -2.32. The van der Waals surface area contributed by atoms with Crippen LogP contribution in [0, 0.1) is 5.92 Å². The Hall–Kier alpha value is -2.89. The molecular formula is C21H24N4O2. The number of carbonyl (C=O) groups is 2. The van der Waals surface area contributed by atoms with Crippen molar-refractivity contribution in [1.82, 2.24) is 10.3 Å². The number of hydrogen-bond donors (Lipinski definition) is 1. The van der Waals surface area contributed by atoms with Crippen molar-refractivity contribution in [2.24, 2.45) is 5.92 Å². The van der Waals surface area contributed by atoms with E-state index in [9.17, 15) is 9.59 Å². The zero-order valence-electron chi connectivity index (χ0n) is 15.3. The molecule has 0 aliphatic carbocycles. The molecular weight excluding hydrogens is 340 g/mol. The third kappa shape index (κ3) is 3.94. The Morgan fingerprint density at radius 2 is 1.93 bits per heavy atom. The van der Waals surface area contributed by atoms with E-state index in [1.54, 1.807) is 11.1 Å². The summed E-state index contributed by atoms with van der Waals surface area (Å²) in [5, 5.41) is 2.99. The summed E-state index contributed by atoms with van der Waals surface area (Å²) >= 11 is 0. The maximum Gasteiger partial charge on any atom is 0.227 e. The number of rotatable bonds is 5. The van der Waals surface area contributed by atoms with Gasteiger partial charge in [-0.05, 0) is 42.7 Å². The van der Waals surface area contributed by atoms with E-state index in [2.05, 4.69) is 15.2 Å². The van der Waals surface area contributed by atoms with Gasteiger partial charge < -0.3 is 15.1 Å². The molecule has 6 heteroatoms.